The lowest BCUT2D eigenvalue weighted by atomic mass is 10.1. The van der Waals surface area contributed by atoms with Crippen LogP contribution >= 0.6 is 0 Å². The van der Waals surface area contributed by atoms with Crippen LogP contribution in [0.2, 0.25) is 0 Å². The number of hydrogen-bond acceptors (Lipinski definition) is 4. The smallest absolute Gasteiger partial charge is 0.234 e. The molecule has 7 heteroatoms. The summed E-state index contributed by atoms with van der Waals surface area (Å²) >= 11 is 0. The number of carbonyl (C=O) groups excluding carboxylic acids is 1. The minimum atomic E-state index is -0.251. The molecule has 0 atom stereocenters. The molecule has 0 aliphatic heterocycles. The molecule has 1 heterocycles. The Labute approximate surface area is 135 Å². The lowest BCUT2D eigenvalue weighted by Crippen LogP contribution is -2.36. The summed E-state index contributed by atoms with van der Waals surface area (Å²) < 4.78 is 14.7. The topological polar surface area (TPSA) is 63.1 Å². The quantitative estimate of drug-likeness (QED) is 0.829. The fraction of sp³-hybridized carbons (Fsp3) is 0.438. The molecule has 1 amide bonds. The predicted molar refractivity (Wildman–Crippen MR) is 85.2 cm³/mol. The number of benzene rings is 1. The summed E-state index contributed by atoms with van der Waals surface area (Å²) in [6, 6.07) is 6.30. The number of carbonyl (C=O) groups is 1. The molecule has 0 aliphatic carbocycles. The molecule has 0 aliphatic rings. The zero-order chi connectivity index (χ0) is 16.8. The fourth-order valence-corrected chi connectivity index (χ4v) is 2.18. The van der Waals surface area contributed by atoms with E-state index in [1.807, 2.05) is 30.5 Å². The minimum absolute atomic E-state index is 0.0477. The number of aryl methyl sites for hydroxylation is 1. The molecule has 1 aromatic carbocycles. The molecular formula is C16H22FN5O. The molecule has 23 heavy (non-hydrogen) atoms. The van der Waals surface area contributed by atoms with Crippen LogP contribution in [0.25, 0.3) is 0 Å². The second-order valence-electron chi connectivity index (χ2n) is 5.62. The molecule has 0 bridgehead atoms. The van der Waals surface area contributed by atoms with E-state index in [0.29, 0.717) is 19.5 Å². The normalized spacial score (nSPS) is 11.0. The Morgan fingerprint density at radius 2 is 2.00 bits per heavy atom. The lowest BCUT2D eigenvalue weighted by molar-refractivity contribution is -0.122. The molecule has 1 aromatic heterocycles. The number of nitrogens with one attached hydrogen (secondary N) is 1. The van der Waals surface area contributed by atoms with E-state index in [4.69, 9.17) is 0 Å². The van der Waals surface area contributed by atoms with Crippen molar-refractivity contribution in [2.24, 2.45) is 7.05 Å². The van der Waals surface area contributed by atoms with Crippen LogP contribution in [0.4, 0.5) is 4.39 Å². The van der Waals surface area contributed by atoms with Crippen LogP contribution < -0.4 is 5.32 Å². The Balaban J connectivity index is 1.71. The van der Waals surface area contributed by atoms with Crippen molar-refractivity contribution in [2.45, 2.75) is 19.9 Å². The zero-order valence-electron chi connectivity index (χ0n) is 13.7. The van der Waals surface area contributed by atoms with Crippen molar-refractivity contribution in [1.82, 2.24) is 25.0 Å². The molecule has 6 nitrogen and oxygen atoms in total. The average Bonchev–Trinajstić information content (AvgIpc) is 2.81. The fourth-order valence-electron chi connectivity index (χ4n) is 2.18. The molecule has 1 N–H and O–H groups in total. The molecule has 0 saturated heterocycles. The molecule has 0 radical (unpaired) electrons. The van der Waals surface area contributed by atoms with Crippen molar-refractivity contribution < 1.29 is 9.18 Å². The number of nitrogens with zero attached hydrogens (tertiary/aromatic N) is 4. The summed E-state index contributed by atoms with van der Waals surface area (Å²) in [6.07, 6.45) is 0.679. The third-order valence-electron chi connectivity index (χ3n) is 3.66. The summed E-state index contributed by atoms with van der Waals surface area (Å²) in [5.41, 5.74) is 0.995. The van der Waals surface area contributed by atoms with Crippen LogP contribution in [0, 0.1) is 12.7 Å². The van der Waals surface area contributed by atoms with Gasteiger partial charge in [0.05, 0.1) is 13.1 Å². The van der Waals surface area contributed by atoms with Gasteiger partial charge in [0, 0.05) is 13.6 Å². The van der Waals surface area contributed by atoms with Crippen molar-refractivity contribution in [1.29, 1.82) is 0 Å². The highest BCUT2D eigenvalue weighted by Gasteiger charge is 2.11. The highest BCUT2D eigenvalue weighted by Crippen LogP contribution is 2.03. The molecule has 0 spiro atoms. The largest absolute Gasteiger partial charge is 0.355 e. The van der Waals surface area contributed by atoms with E-state index >= 15 is 0 Å². The average molecular weight is 319 g/mol. The third kappa shape index (κ3) is 5.14. The van der Waals surface area contributed by atoms with E-state index in [1.54, 1.807) is 12.1 Å². The standard InChI is InChI=1S/C16H22FN5O/c1-12-19-20-15(22(12)3)10-21(2)11-16(23)18-9-8-13-4-6-14(17)7-5-13/h4-7H,8-11H2,1-3H3,(H,18,23). The Morgan fingerprint density at radius 3 is 2.61 bits per heavy atom. The molecule has 0 unspecified atom stereocenters. The van der Waals surface area contributed by atoms with Crippen molar-refractivity contribution in [3.05, 3.63) is 47.3 Å². The van der Waals surface area contributed by atoms with Gasteiger partial charge in [-0.05, 0) is 38.1 Å². The second kappa shape index (κ2) is 7.82. The van der Waals surface area contributed by atoms with Gasteiger partial charge in [-0.1, -0.05) is 12.1 Å². The van der Waals surface area contributed by atoms with Crippen molar-refractivity contribution in [2.75, 3.05) is 20.1 Å². The summed E-state index contributed by atoms with van der Waals surface area (Å²) in [5, 5.41) is 10.9. The van der Waals surface area contributed by atoms with Crippen LogP contribution in [0.15, 0.2) is 24.3 Å². The number of halogens is 1. The van der Waals surface area contributed by atoms with Crippen LogP contribution in [-0.2, 0) is 24.8 Å². The first-order chi connectivity index (χ1) is 11.0. The molecule has 124 valence electrons. The summed E-state index contributed by atoms with van der Waals surface area (Å²) in [4.78, 5) is 13.8. The van der Waals surface area contributed by atoms with Gasteiger partial charge in [0.1, 0.15) is 17.5 Å². The number of amides is 1. The van der Waals surface area contributed by atoms with Gasteiger partial charge in [-0.15, -0.1) is 10.2 Å². The van der Waals surface area contributed by atoms with Gasteiger partial charge in [0.15, 0.2) is 0 Å². The number of hydrogen-bond donors (Lipinski definition) is 1. The van der Waals surface area contributed by atoms with Gasteiger partial charge in [-0.25, -0.2) is 4.39 Å². The number of likely N-dealkylation sites (N-methyl/N-ethyl adjacent to an activating group) is 1. The van der Waals surface area contributed by atoms with Gasteiger partial charge in [0.25, 0.3) is 0 Å². The predicted octanol–water partition coefficient (Wildman–Crippen LogP) is 1.05. The Kier molecular flexibility index (Phi) is 5.81. The SMILES string of the molecule is Cc1nnc(CN(C)CC(=O)NCCc2ccc(F)cc2)n1C. The molecule has 2 aromatic rings. The third-order valence-corrected chi connectivity index (χ3v) is 3.66. The Hall–Kier alpha value is -2.28. The van der Waals surface area contributed by atoms with Gasteiger partial charge >= 0.3 is 0 Å². The van der Waals surface area contributed by atoms with E-state index in [1.165, 1.54) is 12.1 Å². The lowest BCUT2D eigenvalue weighted by Gasteiger charge is -2.15. The number of rotatable bonds is 7. The maximum atomic E-state index is 12.8. The maximum Gasteiger partial charge on any atom is 0.234 e. The first-order valence-electron chi connectivity index (χ1n) is 7.50. The minimum Gasteiger partial charge on any atom is -0.355 e. The molecule has 2 rings (SSSR count). The van der Waals surface area contributed by atoms with Gasteiger partial charge in [0.2, 0.25) is 5.91 Å². The van der Waals surface area contributed by atoms with Crippen molar-refractivity contribution >= 4 is 5.91 Å². The highest BCUT2D eigenvalue weighted by molar-refractivity contribution is 5.77. The zero-order valence-corrected chi connectivity index (χ0v) is 13.7. The number of aromatic nitrogens is 3. The van der Waals surface area contributed by atoms with Gasteiger partial charge in [-0.3, -0.25) is 9.69 Å². The van der Waals surface area contributed by atoms with E-state index in [2.05, 4.69) is 15.5 Å². The van der Waals surface area contributed by atoms with Gasteiger partial charge in [-0.2, -0.15) is 0 Å². The Morgan fingerprint density at radius 1 is 1.30 bits per heavy atom. The van der Waals surface area contributed by atoms with Crippen LogP contribution in [0.3, 0.4) is 0 Å². The second-order valence-corrected chi connectivity index (χ2v) is 5.62. The van der Waals surface area contributed by atoms with E-state index in [0.717, 1.165) is 17.2 Å². The highest BCUT2D eigenvalue weighted by atomic mass is 19.1. The van der Waals surface area contributed by atoms with Crippen molar-refractivity contribution in [3.63, 3.8) is 0 Å². The van der Waals surface area contributed by atoms with E-state index in [9.17, 15) is 9.18 Å². The first kappa shape index (κ1) is 17.1. The molecule has 0 saturated carbocycles. The van der Waals surface area contributed by atoms with Gasteiger partial charge < -0.3 is 9.88 Å². The maximum absolute atomic E-state index is 12.8. The summed E-state index contributed by atoms with van der Waals surface area (Å²) in [5.74, 6) is 1.37. The van der Waals surface area contributed by atoms with Crippen molar-refractivity contribution in [3.8, 4) is 0 Å². The van der Waals surface area contributed by atoms with Crippen LogP contribution in [0.5, 0.6) is 0 Å². The molecular weight excluding hydrogens is 297 g/mol. The summed E-state index contributed by atoms with van der Waals surface area (Å²) in [7, 11) is 3.77. The molecule has 0 fully saturated rings. The summed E-state index contributed by atoms with van der Waals surface area (Å²) in [6.45, 7) is 3.26. The monoisotopic (exact) mass is 319 g/mol. The van der Waals surface area contributed by atoms with E-state index < -0.39 is 0 Å². The van der Waals surface area contributed by atoms with E-state index in [-0.39, 0.29) is 18.3 Å². The van der Waals surface area contributed by atoms with Crippen LogP contribution in [0.1, 0.15) is 17.2 Å². The Bertz CT molecular complexity index is 653. The first-order valence-corrected chi connectivity index (χ1v) is 7.50. The van der Waals surface area contributed by atoms with Crippen LogP contribution in [-0.4, -0.2) is 45.7 Å².